The number of rotatable bonds is 0. The van der Waals surface area contributed by atoms with Gasteiger partial charge in [0.15, 0.2) is 0 Å². The summed E-state index contributed by atoms with van der Waals surface area (Å²) >= 11 is 0. The Kier molecular flexibility index (Phi) is 1.59. The van der Waals surface area contributed by atoms with Gasteiger partial charge in [0.1, 0.15) is 0 Å². The molecule has 0 bridgehead atoms. The first kappa shape index (κ1) is 9.04. The summed E-state index contributed by atoms with van der Waals surface area (Å²) in [6.45, 7) is 9.46. The van der Waals surface area contributed by atoms with Crippen LogP contribution in [0.1, 0.15) is 40.5 Å². The summed E-state index contributed by atoms with van der Waals surface area (Å²) in [4.78, 5) is 13.6. The molecule has 1 heterocycles. The van der Waals surface area contributed by atoms with Gasteiger partial charge in [-0.3, -0.25) is 4.79 Å². The van der Waals surface area contributed by atoms with Crippen LogP contribution in [0.15, 0.2) is 0 Å². The normalized spacial score (nSPS) is 37.5. The molecule has 13 heavy (non-hydrogen) atoms. The second-order valence-corrected chi connectivity index (χ2v) is 5.53. The second kappa shape index (κ2) is 2.28. The lowest BCUT2D eigenvalue weighted by Gasteiger charge is -2.38. The van der Waals surface area contributed by atoms with E-state index in [-0.39, 0.29) is 16.9 Å². The van der Waals surface area contributed by atoms with E-state index in [1.165, 1.54) is 12.8 Å². The Morgan fingerprint density at radius 3 is 2.38 bits per heavy atom. The van der Waals surface area contributed by atoms with E-state index in [0.717, 1.165) is 12.5 Å². The summed E-state index contributed by atoms with van der Waals surface area (Å²) in [6, 6.07) is 0. The molecule has 2 rings (SSSR count). The largest absolute Gasteiger partial charge is 0.336 e. The Morgan fingerprint density at radius 1 is 1.46 bits per heavy atom. The van der Waals surface area contributed by atoms with Gasteiger partial charge in [0.05, 0.1) is 5.54 Å². The van der Waals surface area contributed by atoms with Crippen LogP contribution in [-0.4, -0.2) is 22.9 Å². The van der Waals surface area contributed by atoms with E-state index in [4.69, 9.17) is 0 Å². The van der Waals surface area contributed by atoms with Crippen molar-refractivity contribution in [1.82, 2.24) is 4.90 Å². The Morgan fingerprint density at radius 2 is 2.08 bits per heavy atom. The van der Waals surface area contributed by atoms with Crippen molar-refractivity contribution in [2.75, 3.05) is 6.54 Å². The van der Waals surface area contributed by atoms with Crippen molar-refractivity contribution in [1.29, 1.82) is 0 Å². The Hall–Kier alpha value is -0.530. The van der Waals surface area contributed by atoms with E-state index in [0.29, 0.717) is 0 Å². The third kappa shape index (κ3) is 0.976. The van der Waals surface area contributed by atoms with Crippen LogP contribution in [0.2, 0.25) is 0 Å². The van der Waals surface area contributed by atoms with Crippen LogP contribution in [0.3, 0.4) is 0 Å². The molecule has 0 N–H and O–H groups in total. The van der Waals surface area contributed by atoms with Gasteiger partial charge in [-0.05, 0) is 24.2 Å². The second-order valence-electron chi connectivity index (χ2n) is 5.53. The molecular weight excluding hydrogens is 162 g/mol. The Balaban J connectivity index is 2.29. The number of amides is 1. The van der Waals surface area contributed by atoms with Crippen LogP contribution in [0.5, 0.6) is 0 Å². The third-order valence-corrected chi connectivity index (χ3v) is 3.93. The zero-order chi connectivity index (χ0) is 9.85. The molecule has 0 aromatic heterocycles. The fourth-order valence-corrected chi connectivity index (χ4v) is 3.23. The van der Waals surface area contributed by atoms with Crippen LogP contribution in [0.25, 0.3) is 0 Å². The number of carbonyl (C=O) groups excluding carboxylic acids is 1. The van der Waals surface area contributed by atoms with Crippen molar-refractivity contribution in [3.63, 3.8) is 0 Å². The molecule has 1 aliphatic carbocycles. The molecule has 1 aliphatic heterocycles. The highest BCUT2D eigenvalue weighted by atomic mass is 16.2. The average molecular weight is 181 g/mol. The Labute approximate surface area is 80.3 Å². The van der Waals surface area contributed by atoms with Crippen LogP contribution in [0.4, 0.5) is 0 Å². The monoisotopic (exact) mass is 181 g/mol. The van der Waals surface area contributed by atoms with Gasteiger partial charge in [-0.2, -0.15) is 0 Å². The minimum atomic E-state index is 0.221. The Bertz CT molecular complexity index is 253. The van der Waals surface area contributed by atoms with Crippen molar-refractivity contribution in [3.05, 3.63) is 0 Å². The van der Waals surface area contributed by atoms with E-state index in [1.807, 2.05) is 0 Å². The molecule has 0 spiro atoms. The van der Waals surface area contributed by atoms with E-state index in [2.05, 4.69) is 25.7 Å². The lowest BCUT2D eigenvalue weighted by molar-refractivity contribution is -0.133. The van der Waals surface area contributed by atoms with Gasteiger partial charge in [0.2, 0.25) is 5.91 Å². The molecule has 74 valence electrons. The maximum atomic E-state index is 11.5. The standard InChI is InChI=1S/C11H19NO/c1-8(13)12-6-5-9-7-11(9,12)10(2,3)4/h9H,5-7H2,1-4H3. The van der Waals surface area contributed by atoms with Crippen LogP contribution >= 0.6 is 0 Å². The summed E-state index contributed by atoms with van der Waals surface area (Å²) in [5, 5.41) is 0. The van der Waals surface area contributed by atoms with Crippen LogP contribution in [-0.2, 0) is 4.79 Å². The molecular formula is C11H19NO. The number of fused-ring (bicyclic) bond motifs is 1. The molecule has 2 atom stereocenters. The van der Waals surface area contributed by atoms with E-state index in [1.54, 1.807) is 6.92 Å². The molecule has 2 heteroatoms. The van der Waals surface area contributed by atoms with Crippen LogP contribution < -0.4 is 0 Å². The topological polar surface area (TPSA) is 20.3 Å². The van der Waals surface area contributed by atoms with Crippen molar-refractivity contribution >= 4 is 5.91 Å². The number of piperidine rings is 1. The fraction of sp³-hybridized carbons (Fsp3) is 0.909. The van der Waals surface area contributed by atoms with E-state index < -0.39 is 0 Å². The molecule has 1 amide bonds. The molecule has 0 aromatic rings. The van der Waals surface area contributed by atoms with Gasteiger partial charge in [-0.25, -0.2) is 0 Å². The fourth-order valence-electron chi connectivity index (χ4n) is 3.23. The molecule has 2 nitrogen and oxygen atoms in total. The molecule has 2 fully saturated rings. The summed E-state index contributed by atoms with van der Waals surface area (Å²) in [5.74, 6) is 1.05. The number of hydrogen-bond acceptors (Lipinski definition) is 1. The summed E-state index contributed by atoms with van der Waals surface area (Å²) in [5.41, 5.74) is 0.471. The van der Waals surface area contributed by atoms with Gasteiger partial charge in [-0.15, -0.1) is 0 Å². The number of nitrogens with zero attached hydrogens (tertiary/aromatic N) is 1. The van der Waals surface area contributed by atoms with Gasteiger partial charge in [0.25, 0.3) is 0 Å². The van der Waals surface area contributed by atoms with Gasteiger partial charge in [0, 0.05) is 13.5 Å². The molecule has 1 saturated carbocycles. The van der Waals surface area contributed by atoms with Gasteiger partial charge >= 0.3 is 0 Å². The third-order valence-electron chi connectivity index (χ3n) is 3.93. The maximum Gasteiger partial charge on any atom is 0.219 e. The van der Waals surface area contributed by atoms with Crippen molar-refractivity contribution in [2.45, 2.75) is 46.1 Å². The highest BCUT2D eigenvalue weighted by molar-refractivity contribution is 5.75. The lowest BCUT2D eigenvalue weighted by Crippen LogP contribution is -2.47. The van der Waals surface area contributed by atoms with Crippen molar-refractivity contribution in [3.8, 4) is 0 Å². The summed E-state index contributed by atoms with van der Waals surface area (Å²) < 4.78 is 0. The predicted molar refractivity (Wildman–Crippen MR) is 52.3 cm³/mol. The van der Waals surface area contributed by atoms with Crippen molar-refractivity contribution < 1.29 is 4.79 Å². The molecule has 0 radical (unpaired) electrons. The first-order valence-corrected chi connectivity index (χ1v) is 5.18. The minimum Gasteiger partial charge on any atom is -0.336 e. The van der Waals surface area contributed by atoms with E-state index in [9.17, 15) is 4.79 Å². The summed E-state index contributed by atoms with van der Waals surface area (Å²) in [6.07, 6.45) is 2.45. The van der Waals surface area contributed by atoms with E-state index >= 15 is 0 Å². The van der Waals surface area contributed by atoms with Crippen molar-refractivity contribution in [2.24, 2.45) is 11.3 Å². The molecule has 1 saturated heterocycles. The van der Waals surface area contributed by atoms with Gasteiger partial charge in [-0.1, -0.05) is 20.8 Å². The first-order valence-electron chi connectivity index (χ1n) is 5.18. The maximum absolute atomic E-state index is 11.5. The average Bonchev–Trinajstić information content (AvgIpc) is 2.57. The predicted octanol–water partition coefficient (Wildman–Crippen LogP) is 2.04. The zero-order valence-corrected chi connectivity index (χ0v) is 9.05. The quantitative estimate of drug-likeness (QED) is 0.560. The molecule has 2 unspecified atom stereocenters. The SMILES string of the molecule is CC(=O)N1CCC2CC21C(C)(C)C. The number of likely N-dealkylation sites (tertiary alicyclic amines) is 1. The van der Waals surface area contributed by atoms with Gasteiger partial charge < -0.3 is 4.90 Å². The summed E-state index contributed by atoms with van der Waals surface area (Å²) in [7, 11) is 0. The molecule has 0 aromatic carbocycles. The lowest BCUT2D eigenvalue weighted by atomic mass is 9.82. The highest BCUT2D eigenvalue weighted by Gasteiger charge is 2.68. The minimum absolute atomic E-state index is 0.221. The number of carbonyl (C=O) groups is 1. The molecule has 2 aliphatic rings. The van der Waals surface area contributed by atoms with Crippen LogP contribution in [0, 0.1) is 11.3 Å². The highest BCUT2D eigenvalue weighted by Crippen LogP contribution is 2.64. The first-order chi connectivity index (χ1) is 5.89. The number of hydrogen-bond donors (Lipinski definition) is 0. The zero-order valence-electron chi connectivity index (χ0n) is 9.05. The smallest absolute Gasteiger partial charge is 0.219 e.